The smallest absolute Gasteiger partial charge is 0.234 e. The Balaban J connectivity index is 2.38. The third kappa shape index (κ3) is 5.31. The molecule has 0 atom stereocenters. The summed E-state index contributed by atoms with van der Waals surface area (Å²) in [6.07, 6.45) is 0.898. The zero-order chi connectivity index (χ0) is 13.4. The lowest BCUT2D eigenvalue weighted by atomic mass is 10.3. The monoisotopic (exact) mass is 251 g/mol. The summed E-state index contributed by atoms with van der Waals surface area (Å²) in [6, 6.07) is 7.07. The second kappa shape index (κ2) is 7.29. The normalized spacial score (nSPS) is 9.67. The van der Waals surface area contributed by atoms with E-state index >= 15 is 0 Å². The predicted molar refractivity (Wildman–Crippen MR) is 67.8 cm³/mol. The summed E-state index contributed by atoms with van der Waals surface area (Å²) < 4.78 is 5.45. The Morgan fingerprint density at radius 3 is 2.83 bits per heavy atom. The molecule has 0 heterocycles. The molecule has 1 rings (SSSR count). The van der Waals surface area contributed by atoms with Gasteiger partial charge in [-0.1, -0.05) is 6.07 Å². The van der Waals surface area contributed by atoms with Crippen molar-refractivity contribution in [1.29, 1.82) is 0 Å². The first kappa shape index (κ1) is 14.0. The SMILES string of the molecule is CC(=O)Nc1cccc(OCCCC(=O)NN)c1. The number of ether oxygens (including phenoxy) is 1. The number of nitrogens with one attached hydrogen (secondary N) is 2. The van der Waals surface area contributed by atoms with Crippen LogP contribution in [0.4, 0.5) is 5.69 Å². The van der Waals surface area contributed by atoms with Crippen LogP contribution >= 0.6 is 0 Å². The third-order valence-corrected chi connectivity index (χ3v) is 2.13. The Labute approximate surface area is 105 Å². The third-order valence-electron chi connectivity index (χ3n) is 2.13. The molecule has 0 unspecified atom stereocenters. The number of amides is 2. The number of hydrazine groups is 1. The number of carbonyl (C=O) groups excluding carboxylic acids is 2. The molecule has 0 aliphatic heterocycles. The van der Waals surface area contributed by atoms with Crippen molar-refractivity contribution in [2.75, 3.05) is 11.9 Å². The summed E-state index contributed by atoms with van der Waals surface area (Å²) in [4.78, 5) is 21.7. The molecule has 0 saturated carbocycles. The number of hydrogen-bond acceptors (Lipinski definition) is 4. The Kier molecular flexibility index (Phi) is 5.66. The first-order valence-corrected chi connectivity index (χ1v) is 5.61. The maximum Gasteiger partial charge on any atom is 0.234 e. The van der Waals surface area contributed by atoms with Gasteiger partial charge in [-0.25, -0.2) is 5.84 Å². The number of benzene rings is 1. The lowest BCUT2D eigenvalue weighted by molar-refractivity contribution is -0.121. The molecule has 0 spiro atoms. The highest BCUT2D eigenvalue weighted by Gasteiger charge is 2.00. The minimum absolute atomic E-state index is 0.133. The van der Waals surface area contributed by atoms with Crippen molar-refractivity contribution in [3.8, 4) is 5.75 Å². The van der Waals surface area contributed by atoms with Gasteiger partial charge in [0.05, 0.1) is 6.61 Å². The van der Waals surface area contributed by atoms with Crippen molar-refractivity contribution >= 4 is 17.5 Å². The summed E-state index contributed by atoms with van der Waals surface area (Å²) in [6.45, 7) is 1.86. The van der Waals surface area contributed by atoms with Crippen molar-refractivity contribution in [1.82, 2.24) is 5.43 Å². The van der Waals surface area contributed by atoms with Crippen LogP contribution in [0.1, 0.15) is 19.8 Å². The van der Waals surface area contributed by atoms with Gasteiger partial charge in [0.15, 0.2) is 0 Å². The second-order valence-corrected chi connectivity index (χ2v) is 3.73. The highest BCUT2D eigenvalue weighted by Crippen LogP contribution is 2.17. The van der Waals surface area contributed by atoms with E-state index in [0.717, 1.165) is 0 Å². The van der Waals surface area contributed by atoms with Crippen LogP contribution in [0.3, 0.4) is 0 Å². The van der Waals surface area contributed by atoms with E-state index in [-0.39, 0.29) is 11.8 Å². The Bertz CT molecular complexity index is 421. The molecule has 0 fully saturated rings. The summed E-state index contributed by atoms with van der Waals surface area (Å²) in [5.41, 5.74) is 2.73. The highest BCUT2D eigenvalue weighted by molar-refractivity contribution is 5.88. The number of rotatable bonds is 6. The standard InChI is InChI=1S/C12H17N3O3/c1-9(16)14-10-4-2-5-11(8-10)18-7-3-6-12(17)15-13/h2,4-5,8H,3,6-7,13H2,1H3,(H,14,16)(H,15,17). The van der Waals surface area contributed by atoms with E-state index in [0.29, 0.717) is 30.9 Å². The Morgan fingerprint density at radius 2 is 2.17 bits per heavy atom. The molecule has 4 N–H and O–H groups in total. The lowest BCUT2D eigenvalue weighted by Gasteiger charge is -2.08. The minimum Gasteiger partial charge on any atom is -0.494 e. The molecule has 1 aromatic carbocycles. The molecule has 0 bridgehead atoms. The molecule has 0 aliphatic rings. The van der Waals surface area contributed by atoms with Gasteiger partial charge >= 0.3 is 0 Å². The fourth-order valence-electron chi connectivity index (χ4n) is 1.36. The van der Waals surface area contributed by atoms with Crippen LogP contribution in [-0.2, 0) is 9.59 Å². The first-order valence-electron chi connectivity index (χ1n) is 5.61. The first-order chi connectivity index (χ1) is 8.61. The molecule has 18 heavy (non-hydrogen) atoms. The maximum absolute atomic E-state index is 10.9. The number of anilines is 1. The number of hydrogen-bond donors (Lipinski definition) is 3. The summed E-state index contributed by atoms with van der Waals surface area (Å²) in [7, 11) is 0. The fraction of sp³-hybridized carbons (Fsp3) is 0.333. The van der Waals surface area contributed by atoms with Crippen molar-refractivity contribution < 1.29 is 14.3 Å². The Hall–Kier alpha value is -2.08. The molecular weight excluding hydrogens is 234 g/mol. The van der Waals surface area contributed by atoms with Crippen LogP contribution in [0.25, 0.3) is 0 Å². The summed E-state index contributed by atoms with van der Waals surface area (Å²) >= 11 is 0. The molecule has 0 aliphatic carbocycles. The van der Waals surface area contributed by atoms with Gasteiger partial charge in [0.25, 0.3) is 0 Å². The van der Waals surface area contributed by atoms with Crippen LogP contribution in [0, 0.1) is 0 Å². The van der Waals surface area contributed by atoms with Gasteiger partial charge in [0, 0.05) is 25.1 Å². The van der Waals surface area contributed by atoms with Gasteiger partial charge in [0.2, 0.25) is 11.8 Å². The zero-order valence-corrected chi connectivity index (χ0v) is 10.2. The topological polar surface area (TPSA) is 93.4 Å². The van der Waals surface area contributed by atoms with Gasteiger partial charge in [-0.2, -0.15) is 0 Å². The molecule has 6 nitrogen and oxygen atoms in total. The van der Waals surface area contributed by atoms with Gasteiger partial charge in [-0.15, -0.1) is 0 Å². The number of nitrogens with two attached hydrogens (primary N) is 1. The average molecular weight is 251 g/mol. The lowest BCUT2D eigenvalue weighted by Crippen LogP contribution is -2.29. The molecule has 1 aromatic rings. The van der Waals surface area contributed by atoms with Crippen molar-refractivity contribution in [2.45, 2.75) is 19.8 Å². The van der Waals surface area contributed by atoms with Crippen LogP contribution < -0.4 is 21.3 Å². The molecular formula is C12H17N3O3. The van der Waals surface area contributed by atoms with E-state index in [1.807, 2.05) is 0 Å². The van der Waals surface area contributed by atoms with Gasteiger partial charge in [-0.3, -0.25) is 15.0 Å². The van der Waals surface area contributed by atoms with E-state index in [9.17, 15) is 9.59 Å². The van der Waals surface area contributed by atoms with Gasteiger partial charge in [-0.05, 0) is 18.6 Å². The number of carbonyl (C=O) groups is 2. The summed E-state index contributed by atoms with van der Waals surface area (Å²) in [5, 5.41) is 2.66. The zero-order valence-electron chi connectivity index (χ0n) is 10.2. The quantitative estimate of drug-likeness (QED) is 0.301. The van der Waals surface area contributed by atoms with Crippen LogP contribution in [0.15, 0.2) is 24.3 Å². The van der Waals surface area contributed by atoms with Crippen molar-refractivity contribution in [3.05, 3.63) is 24.3 Å². The van der Waals surface area contributed by atoms with E-state index in [4.69, 9.17) is 10.6 Å². The molecule has 98 valence electrons. The van der Waals surface area contributed by atoms with Gasteiger partial charge < -0.3 is 10.1 Å². The Morgan fingerprint density at radius 1 is 1.39 bits per heavy atom. The largest absolute Gasteiger partial charge is 0.494 e. The molecule has 0 saturated heterocycles. The second-order valence-electron chi connectivity index (χ2n) is 3.73. The van der Waals surface area contributed by atoms with Crippen molar-refractivity contribution in [3.63, 3.8) is 0 Å². The molecule has 2 amide bonds. The van der Waals surface area contributed by atoms with E-state index in [1.165, 1.54) is 6.92 Å². The van der Waals surface area contributed by atoms with E-state index in [1.54, 1.807) is 24.3 Å². The average Bonchev–Trinajstić information content (AvgIpc) is 2.34. The maximum atomic E-state index is 10.9. The predicted octanol–water partition coefficient (Wildman–Crippen LogP) is 0.794. The van der Waals surface area contributed by atoms with E-state index in [2.05, 4.69) is 10.7 Å². The summed E-state index contributed by atoms with van der Waals surface area (Å²) in [5.74, 6) is 5.25. The molecule has 6 heteroatoms. The fourth-order valence-corrected chi connectivity index (χ4v) is 1.36. The highest BCUT2D eigenvalue weighted by atomic mass is 16.5. The van der Waals surface area contributed by atoms with Crippen molar-refractivity contribution in [2.24, 2.45) is 5.84 Å². The van der Waals surface area contributed by atoms with E-state index < -0.39 is 0 Å². The van der Waals surface area contributed by atoms with Crippen LogP contribution in [0.2, 0.25) is 0 Å². The minimum atomic E-state index is -0.217. The van der Waals surface area contributed by atoms with Crippen LogP contribution in [0.5, 0.6) is 5.75 Å². The van der Waals surface area contributed by atoms with Crippen LogP contribution in [-0.4, -0.2) is 18.4 Å². The molecule has 0 radical (unpaired) electrons. The van der Waals surface area contributed by atoms with Gasteiger partial charge in [0.1, 0.15) is 5.75 Å². The molecule has 0 aromatic heterocycles.